The first kappa shape index (κ1) is 20.6. The maximum Gasteiger partial charge on any atom is 0.416 e. The lowest BCUT2D eigenvalue weighted by molar-refractivity contribution is -0.137. The Hall–Kier alpha value is -3.69. The summed E-state index contributed by atoms with van der Waals surface area (Å²) in [6, 6.07) is 6.58. The van der Waals surface area contributed by atoms with Crippen LogP contribution < -0.4 is 10.1 Å². The number of methoxy groups -OCH3 is 1. The normalized spacial score (nSPS) is 11.6. The highest BCUT2D eigenvalue weighted by Crippen LogP contribution is 2.32. The zero-order chi connectivity index (χ0) is 22.0. The zero-order valence-electron chi connectivity index (χ0n) is 16.3. The van der Waals surface area contributed by atoms with Crippen molar-refractivity contribution in [3.8, 4) is 5.75 Å². The van der Waals surface area contributed by atoms with E-state index in [0.717, 1.165) is 23.1 Å². The highest BCUT2D eigenvalue weighted by molar-refractivity contribution is 5.78. The Bertz CT molecular complexity index is 1220. The van der Waals surface area contributed by atoms with Gasteiger partial charge in [0, 0.05) is 36.3 Å². The summed E-state index contributed by atoms with van der Waals surface area (Å²) >= 11 is 0. The first-order valence-corrected chi connectivity index (χ1v) is 9.24. The smallest absolute Gasteiger partial charge is 0.416 e. The van der Waals surface area contributed by atoms with Crippen LogP contribution >= 0.6 is 0 Å². The predicted octanol–water partition coefficient (Wildman–Crippen LogP) is 4.72. The maximum absolute atomic E-state index is 14.5. The number of pyridine rings is 1. The lowest BCUT2D eigenvalue weighted by Gasteiger charge is -2.13. The number of H-pyrrole nitrogens is 1. The van der Waals surface area contributed by atoms with E-state index in [1.165, 1.54) is 19.5 Å². The number of aromatic nitrogens is 4. The average molecular weight is 431 g/mol. The van der Waals surface area contributed by atoms with Crippen LogP contribution in [0.3, 0.4) is 0 Å². The molecule has 4 rings (SSSR count). The number of halogens is 4. The van der Waals surface area contributed by atoms with Crippen molar-refractivity contribution in [1.82, 2.24) is 19.9 Å². The van der Waals surface area contributed by atoms with E-state index in [2.05, 4.69) is 25.3 Å². The van der Waals surface area contributed by atoms with E-state index in [1.54, 1.807) is 24.5 Å². The van der Waals surface area contributed by atoms with Crippen LogP contribution in [0.5, 0.6) is 5.75 Å². The van der Waals surface area contributed by atoms with Gasteiger partial charge < -0.3 is 15.0 Å². The van der Waals surface area contributed by atoms with Crippen LogP contribution in [0, 0.1) is 5.95 Å². The topological polar surface area (TPSA) is 75.7 Å². The van der Waals surface area contributed by atoms with Crippen molar-refractivity contribution in [3.63, 3.8) is 0 Å². The quantitative estimate of drug-likeness (QED) is 0.341. The minimum Gasteiger partial charge on any atom is -0.497 e. The molecule has 3 heterocycles. The van der Waals surface area contributed by atoms with Crippen molar-refractivity contribution < 1.29 is 22.3 Å². The molecule has 0 aliphatic heterocycles. The minimum absolute atomic E-state index is 0.0197. The highest BCUT2D eigenvalue weighted by atomic mass is 19.4. The lowest BCUT2D eigenvalue weighted by Crippen LogP contribution is -2.09. The molecule has 0 amide bonds. The van der Waals surface area contributed by atoms with Crippen LogP contribution in [0.1, 0.15) is 22.3 Å². The highest BCUT2D eigenvalue weighted by Gasteiger charge is 2.31. The van der Waals surface area contributed by atoms with E-state index in [9.17, 15) is 17.6 Å². The number of hydrogen-bond acceptors (Lipinski definition) is 5. The fraction of sp³-hybridized carbons (Fsp3) is 0.190. The van der Waals surface area contributed by atoms with E-state index < -0.39 is 17.7 Å². The lowest BCUT2D eigenvalue weighted by atomic mass is 10.1. The zero-order valence-corrected chi connectivity index (χ0v) is 16.3. The summed E-state index contributed by atoms with van der Waals surface area (Å²) in [5.74, 6) is -0.374. The summed E-state index contributed by atoms with van der Waals surface area (Å²) in [5.41, 5.74) is 1.37. The fourth-order valence-corrected chi connectivity index (χ4v) is 3.19. The van der Waals surface area contributed by atoms with E-state index >= 15 is 0 Å². The second kappa shape index (κ2) is 8.21. The third-order valence-electron chi connectivity index (χ3n) is 4.75. The molecule has 6 nitrogen and oxygen atoms in total. The van der Waals surface area contributed by atoms with Gasteiger partial charge in [0.05, 0.1) is 12.7 Å². The van der Waals surface area contributed by atoms with Gasteiger partial charge in [0.25, 0.3) is 0 Å². The number of rotatable bonds is 6. The summed E-state index contributed by atoms with van der Waals surface area (Å²) in [6.45, 7) is 0.0197. The van der Waals surface area contributed by atoms with Gasteiger partial charge in [-0.05, 0) is 35.4 Å². The number of nitrogens with one attached hydrogen (secondary N) is 2. The number of anilines is 1. The van der Waals surface area contributed by atoms with Gasteiger partial charge in [-0.25, -0.2) is 15.0 Å². The Morgan fingerprint density at radius 3 is 2.71 bits per heavy atom. The molecule has 0 radical (unpaired) electrons. The monoisotopic (exact) mass is 431 g/mol. The molecule has 0 bridgehead atoms. The van der Waals surface area contributed by atoms with Crippen LogP contribution in [0.4, 0.5) is 23.4 Å². The molecule has 2 N–H and O–H groups in total. The molecule has 1 aromatic carbocycles. The first-order valence-electron chi connectivity index (χ1n) is 9.24. The molecule has 0 fully saturated rings. The molecule has 0 aliphatic rings. The van der Waals surface area contributed by atoms with Gasteiger partial charge in [0.1, 0.15) is 23.5 Å². The molecular formula is C21H17F4N5O. The number of fused-ring (bicyclic) bond motifs is 1. The summed E-state index contributed by atoms with van der Waals surface area (Å²) < 4.78 is 58.6. The molecule has 0 saturated carbocycles. The molecule has 0 atom stereocenters. The fourth-order valence-electron chi connectivity index (χ4n) is 3.19. The number of alkyl halides is 3. The van der Waals surface area contributed by atoms with Crippen molar-refractivity contribution in [2.75, 3.05) is 12.4 Å². The van der Waals surface area contributed by atoms with E-state index in [0.29, 0.717) is 16.8 Å². The summed E-state index contributed by atoms with van der Waals surface area (Å²) in [6.07, 6.45) is 0.607. The van der Waals surface area contributed by atoms with Crippen molar-refractivity contribution in [2.45, 2.75) is 19.1 Å². The minimum atomic E-state index is -4.50. The number of aromatic amines is 1. The number of ether oxygens (including phenoxy) is 1. The van der Waals surface area contributed by atoms with Gasteiger partial charge in [-0.3, -0.25) is 0 Å². The van der Waals surface area contributed by atoms with E-state index in [1.807, 2.05) is 0 Å². The van der Waals surface area contributed by atoms with Gasteiger partial charge >= 0.3 is 6.18 Å². The van der Waals surface area contributed by atoms with Crippen molar-refractivity contribution in [3.05, 3.63) is 77.3 Å². The molecule has 10 heteroatoms. The molecule has 0 spiro atoms. The second-order valence-electron chi connectivity index (χ2n) is 6.84. The SMILES string of the molecule is COc1cc(CNc2ccc(Cc3c[nH]c4ncncc34)c(F)n2)cc(C(F)(F)F)c1. The third kappa shape index (κ3) is 4.57. The van der Waals surface area contributed by atoms with Crippen molar-refractivity contribution in [2.24, 2.45) is 0 Å². The second-order valence-corrected chi connectivity index (χ2v) is 6.84. The molecule has 0 unspecified atom stereocenters. The van der Waals surface area contributed by atoms with Crippen LogP contribution in [-0.4, -0.2) is 27.0 Å². The Morgan fingerprint density at radius 1 is 1.13 bits per heavy atom. The van der Waals surface area contributed by atoms with Crippen molar-refractivity contribution >= 4 is 16.9 Å². The van der Waals surface area contributed by atoms with E-state index in [4.69, 9.17) is 4.74 Å². The van der Waals surface area contributed by atoms with Gasteiger partial charge in [0.15, 0.2) is 0 Å². The number of nitrogens with zero attached hydrogens (tertiary/aromatic N) is 3. The van der Waals surface area contributed by atoms with Crippen LogP contribution in [0.15, 0.2) is 49.1 Å². The Kier molecular flexibility index (Phi) is 5.45. The summed E-state index contributed by atoms with van der Waals surface area (Å²) in [4.78, 5) is 15.0. The number of benzene rings is 1. The summed E-state index contributed by atoms with van der Waals surface area (Å²) in [7, 11) is 1.29. The standard InChI is InChI=1S/C21H17F4N5O/c1-31-16-5-12(4-15(7-16)21(23,24)25)8-27-18-3-2-13(19(22)30-18)6-14-9-28-20-17(14)10-26-11-29-20/h2-5,7,9-11H,6,8H2,1H3,(H,27,30)(H,26,28,29). The van der Waals surface area contributed by atoms with Gasteiger partial charge in [-0.2, -0.15) is 17.6 Å². The molecule has 4 aromatic rings. The van der Waals surface area contributed by atoms with Gasteiger partial charge in [-0.1, -0.05) is 6.07 Å². The maximum atomic E-state index is 14.5. The largest absolute Gasteiger partial charge is 0.497 e. The predicted molar refractivity (Wildman–Crippen MR) is 106 cm³/mol. The Balaban J connectivity index is 1.49. The van der Waals surface area contributed by atoms with Gasteiger partial charge in [-0.15, -0.1) is 0 Å². The third-order valence-corrected chi connectivity index (χ3v) is 4.75. The summed E-state index contributed by atoms with van der Waals surface area (Å²) in [5, 5.41) is 3.64. The van der Waals surface area contributed by atoms with E-state index in [-0.39, 0.29) is 24.5 Å². The molecular weight excluding hydrogens is 414 g/mol. The molecule has 3 aromatic heterocycles. The number of hydrogen-bond donors (Lipinski definition) is 2. The molecule has 0 saturated heterocycles. The molecule has 160 valence electrons. The first-order chi connectivity index (χ1) is 14.8. The Labute approximate surface area is 174 Å². The average Bonchev–Trinajstić information content (AvgIpc) is 3.16. The van der Waals surface area contributed by atoms with Crippen LogP contribution in [0.25, 0.3) is 11.0 Å². The van der Waals surface area contributed by atoms with Crippen LogP contribution in [-0.2, 0) is 19.1 Å². The van der Waals surface area contributed by atoms with Crippen LogP contribution in [0.2, 0.25) is 0 Å². The van der Waals surface area contributed by atoms with Gasteiger partial charge in [0.2, 0.25) is 5.95 Å². The van der Waals surface area contributed by atoms with Crippen molar-refractivity contribution in [1.29, 1.82) is 0 Å². The molecule has 0 aliphatic carbocycles. The molecule has 31 heavy (non-hydrogen) atoms. The Morgan fingerprint density at radius 2 is 1.97 bits per heavy atom.